The molecule has 0 bridgehead atoms. The van der Waals surface area contributed by atoms with Gasteiger partial charge in [-0.1, -0.05) is 154 Å². The maximum Gasteiger partial charge on any atom is 0.249 e. The monoisotopic (exact) mass is 909 g/mol. The largest absolute Gasteiger partial charge is 0.311 e. The van der Waals surface area contributed by atoms with E-state index in [1.807, 2.05) is 23.1 Å². The predicted octanol–water partition coefficient (Wildman–Crippen LogP) is 15.7. The summed E-state index contributed by atoms with van der Waals surface area (Å²) >= 11 is 3.89. The molecule has 9 aromatic carbocycles. The van der Waals surface area contributed by atoms with E-state index in [0.717, 1.165) is 19.3 Å². The maximum atomic E-state index is 2.70. The van der Waals surface area contributed by atoms with E-state index in [-0.39, 0.29) is 12.1 Å². The molecule has 0 radical (unpaired) electrons. The number of nitrogens with zero attached hydrogens (tertiary/aromatic N) is 3. The molecule has 0 atom stereocenters. The van der Waals surface area contributed by atoms with Gasteiger partial charge in [-0.2, -0.15) is 0 Å². The van der Waals surface area contributed by atoms with Crippen LogP contribution < -0.4 is 21.3 Å². The van der Waals surface area contributed by atoms with E-state index < -0.39 is 0 Å². The highest BCUT2D eigenvalue weighted by molar-refractivity contribution is 8.00. The molecule has 14 rings (SSSR count). The zero-order valence-corrected chi connectivity index (χ0v) is 40.3. The van der Waals surface area contributed by atoms with Gasteiger partial charge >= 0.3 is 0 Å². The maximum absolute atomic E-state index is 2.70. The summed E-state index contributed by atoms with van der Waals surface area (Å²) in [7, 11) is 0. The molecule has 3 aromatic heterocycles. The van der Waals surface area contributed by atoms with E-state index in [9.17, 15) is 0 Å². The molecular weight excluding hydrogens is 862 g/mol. The van der Waals surface area contributed by atoms with Gasteiger partial charge in [0.05, 0.1) is 22.1 Å². The van der Waals surface area contributed by atoms with E-state index in [1.54, 1.807) is 0 Å². The second-order valence-electron chi connectivity index (χ2n) is 19.9. The van der Waals surface area contributed by atoms with Crippen LogP contribution >= 0.6 is 23.1 Å². The minimum absolute atomic E-state index is 0.0423. The lowest BCUT2D eigenvalue weighted by Crippen LogP contribution is -2.60. The molecule has 0 saturated carbocycles. The second-order valence-corrected chi connectivity index (χ2v) is 22.1. The summed E-state index contributed by atoms with van der Waals surface area (Å²) in [6.07, 6.45) is 3.29. The Morgan fingerprint density at radius 1 is 0.471 bits per heavy atom. The van der Waals surface area contributed by atoms with Gasteiger partial charge in [0.15, 0.2) is 0 Å². The molecule has 0 aliphatic carbocycles. The minimum Gasteiger partial charge on any atom is -0.311 e. The second kappa shape index (κ2) is 15.0. The van der Waals surface area contributed by atoms with Crippen LogP contribution in [0.1, 0.15) is 51.7 Å². The topological polar surface area (TPSA) is 13.1 Å². The summed E-state index contributed by atoms with van der Waals surface area (Å²) in [4.78, 5) is 5.37. The molecule has 5 heterocycles. The average Bonchev–Trinajstić information content (AvgIpc) is 4.02. The molecule has 0 spiro atoms. The number of hydrogen-bond donors (Lipinski definition) is 0. The first-order chi connectivity index (χ1) is 33.3. The molecule has 6 heteroatoms. The summed E-state index contributed by atoms with van der Waals surface area (Å²) in [5, 5.41) is 7.78. The molecule has 326 valence electrons. The van der Waals surface area contributed by atoms with Crippen LogP contribution in [0.25, 0.3) is 75.2 Å². The van der Waals surface area contributed by atoms with Crippen LogP contribution in [0.15, 0.2) is 192 Å². The van der Waals surface area contributed by atoms with Crippen molar-refractivity contribution in [2.75, 3.05) is 4.90 Å². The van der Waals surface area contributed by atoms with E-state index >= 15 is 0 Å². The lowest BCUT2D eigenvalue weighted by Gasteiger charge is -2.42. The number of aryl methyl sites for hydroxylation is 1. The molecule has 0 N–H and O–H groups in total. The Balaban J connectivity index is 1.07. The molecule has 0 fully saturated rings. The first-order valence-electron chi connectivity index (χ1n) is 24.2. The lowest BCUT2D eigenvalue weighted by molar-refractivity contribution is 0.589. The van der Waals surface area contributed by atoms with Crippen molar-refractivity contribution in [3.63, 3.8) is 0 Å². The minimum atomic E-state index is -0.0813. The van der Waals surface area contributed by atoms with Crippen molar-refractivity contribution in [1.82, 2.24) is 9.13 Å². The van der Waals surface area contributed by atoms with Crippen molar-refractivity contribution < 1.29 is 0 Å². The van der Waals surface area contributed by atoms with Gasteiger partial charge in [0.2, 0.25) is 6.71 Å². The van der Waals surface area contributed by atoms with E-state index in [4.69, 9.17) is 0 Å². The molecule has 68 heavy (non-hydrogen) atoms. The standard InChI is InChI=1S/C62H48BN3S2/c1-5-6-17-38-32-58-47(46-22-11-16-27-57(46)67-58)37-54(38)66-55-35-40(64-50-23-12-7-18-42(50)43-19-8-13-24-51(43)64)28-30-48(55)63-49-31-29-41(65-52-25-14-9-20-44(52)45-21-10-15-26-53(45)65)36-59(49)68-60-34-39(62(2,3)4)33-56(66)61(60)63/h7-16,18-37H,5-6,17H2,1-4H3. The quantitative estimate of drug-likeness (QED) is 0.154. The van der Waals surface area contributed by atoms with Crippen LogP contribution in [-0.2, 0) is 11.8 Å². The van der Waals surface area contributed by atoms with E-state index in [0.29, 0.717) is 0 Å². The molecular formula is C62H48BN3S2. The van der Waals surface area contributed by atoms with Gasteiger partial charge in [-0.05, 0) is 119 Å². The summed E-state index contributed by atoms with van der Waals surface area (Å²) < 4.78 is 7.67. The first kappa shape index (κ1) is 40.1. The van der Waals surface area contributed by atoms with Crippen molar-refractivity contribution in [3.05, 3.63) is 193 Å². The summed E-state index contributed by atoms with van der Waals surface area (Å²) in [6, 6.07) is 69.4. The van der Waals surface area contributed by atoms with Crippen LogP contribution in [0.3, 0.4) is 0 Å². The number of aromatic nitrogens is 2. The van der Waals surface area contributed by atoms with Gasteiger partial charge in [0.1, 0.15) is 0 Å². The molecule has 0 saturated heterocycles. The van der Waals surface area contributed by atoms with Crippen LogP contribution in [0, 0.1) is 0 Å². The third-order valence-electron chi connectivity index (χ3n) is 14.9. The molecule has 0 unspecified atom stereocenters. The van der Waals surface area contributed by atoms with Crippen LogP contribution in [0.4, 0.5) is 17.1 Å². The van der Waals surface area contributed by atoms with Crippen molar-refractivity contribution in [2.24, 2.45) is 0 Å². The van der Waals surface area contributed by atoms with Gasteiger partial charge in [0.25, 0.3) is 0 Å². The van der Waals surface area contributed by atoms with Crippen molar-refractivity contribution in [3.8, 4) is 11.4 Å². The Morgan fingerprint density at radius 2 is 1.03 bits per heavy atom. The Hall–Kier alpha value is -6.99. The number of rotatable bonds is 6. The first-order valence-corrected chi connectivity index (χ1v) is 25.8. The third kappa shape index (κ3) is 5.87. The number of benzene rings is 9. The fraction of sp³-hybridized carbons (Fsp3) is 0.129. The Bertz CT molecular complexity index is 3960. The smallest absolute Gasteiger partial charge is 0.249 e. The summed E-state index contributed by atoms with van der Waals surface area (Å²) in [5.74, 6) is 0. The van der Waals surface area contributed by atoms with Gasteiger partial charge in [-0.25, -0.2) is 0 Å². The summed E-state index contributed by atoms with van der Waals surface area (Å²) in [5.41, 5.74) is 17.9. The van der Waals surface area contributed by atoms with Gasteiger partial charge in [-0.15, -0.1) is 11.3 Å². The van der Waals surface area contributed by atoms with Crippen LogP contribution in [0.5, 0.6) is 0 Å². The molecule has 2 aliphatic rings. The Kier molecular flexibility index (Phi) is 8.85. The highest BCUT2D eigenvalue weighted by atomic mass is 32.2. The van der Waals surface area contributed by atoms with E-state index in [1.165, 1.54) is 130 Å². The van der Waals surface area contributed by atoms with Gasteiger partial charge < -0.3 is 14.0 Å². The molecule has 2 aliphatic heterocycles. The Labute approximate surface area is 405 Å². The third-order valence-corrected chi connectivity index (χ3v) is 17.2. The van der Waals surface area contributed by atoms with Crippen molar-refractivity contribution >= 4 is 127 Å². The average molecular weight is 910 g/mol. The fourth-order valence-corrected chi connectivity index (χ4v) is 14.1. The highest BCUT2D eigenvalue weighted by Gasteiger charge is 2.43. The van der Waals surface area contributed by atoms with Crippen molar-refractivity contribution in [1.29, 1.82) is 0 Å². The predicted molar refractivity (Wildman–Crippen MR) is 295 cm³/mol. The van der Waals surface area contributed by atoms with Gasteiger partial charge in [0, 0.05) is 79.9 Å². The normalized spacial score (nSPS) is 13.4. The number of para-hydroxylation sites is 4. The zero-order chi connectivity index (χ0) is 45.4. The number of fused-ring (bicyclic) bond motifs is 13. The zero-order valence-electron chi connectivity index (χ0n) is 38.7. The molecule has 3 nitrogen and oxygen atoms in total. The molecule has 0 amide bonds. The number of hydrogen-bond acceptors (Lipinski definition) is 3. The lowest BCUT2D eigenvalue weighted by atomic mass is 9.34. The van der Waals surface area contributed by atoms with E-state index in [2.05, 4.69) is 224 Å². The van der Waals surface area contributed by atoms with Crippen LogP contribution in [0.2, 0.25) is 0 Å². The SMILES string of the molecule is CCCCc1cc2sc3ccccc3c2cc1N1c2cc(-n3c4ccccc4c4ccccc43)ccc2B2c3ccc(-n4c5ccccc5c5ccccc54)cc3Sc3cc(C(C)(C)C)cc1c32. The van der Waals surface area contributed by atoms with Crippen molar-refractivity contribution in [2.45, 2.75) is 62.2 Å². The highest BCUT2D eigenvalue weighted by Crippen LogP contribution is 2.48. The Morgan fingerprint density at radius 3 is 1.63 bits per heavy atom. The summed E-state index contributed by atoms with van der Waals surface area (Å²) in [6.45, 7) is 9.48. The number of anilines is 3. The number of thiophene rings is 1. The molecule has 12 aromatic rings. The van der Waals surface area contributed by atoms with Crippen LogP contribution in [-0.4, -0.2) is 15.8 Å². The fourth-order valence-electron chi connectivity index (χ4n) is 11.7. The number of unbranched alkanes of at least 4 members (excludes halogenated alkanes) is 1. The van der Waals surface area contributed by atoms with Gasteiger partial charge in [-0.3, -0.25) is 0 Å².